The van der Waals surface area contributed by atoms with Gasteiger partial charge in [0.1, 0.15) is 5.78 Å². The first-order chi connectivity index (χ1) is 6.29. The first-order valence-corrected chi connectivity index (χ1v) is 4.31. The van der Waals surface area contributed by atoms with Gasteiger partial charge in [0.15, 0.2) is 5.76 Å². The molecule has 1 aromatic rings. The van der Waals surface area contributed by atoms with Crippen LogP contribution in [-0.4, -0.2) is 5.78 Å². The summed E-state index contributed by atoms with van der Waals surface area (Å²) in [6.45, 7) is 1.60. The number of furan rings is 1. The Balaban J connectivity index is 2.22. The second-order valence-electron chi connectivity index (χ2n) is 2.83. The summed E-state index contributed by atoms with van der Waals surface area (Å²) in [4.78, 5) is 10.6. The fourth-order valence-corrected chi connectivity index (χ4v) is 0.925. The molecular formula is C11H12O2. The van der Waals surface area contributed by atoms with Gasteiger partial charge in [-0.2, -0.15) is 0 Å². The number of unbranched alkanes of at least 4 members (excludes halogenated alkanes) is 1. The van der Waals surface area contributed by atoms with Crippen LogP contribution in [-0.2, 0) is 4.79 Å². The predicted octanol–water partition coefficient (Wildman–Crippen LogP) is 2.39. The number of hydrogen-bond donors (Lipinski definition) is 0. The van der Waals surface area contributed by atoms with E-state index in [2.05, 4.69) is 11.8 Å². The van der Waals surface area contributed by atoms with Crippen LogP contribution in [0.3, 0.4) is 0 Å². The molecule has 0 amide bonds. The number of carbonyl (C=O) groups is 1. The molecule has 0 radical (unpaired) electrons. The Bertz CT molecular complexity index is 312. The van der Waals surface area contributed by atoms with Crippen LogP contribution in [0.2, 0.25) is 0 Å². The van der Waals surface area contributed by atoms with Crippen LogP contribution >= 0.6 is 0 Å². The highest BCUT2D eigenvalue weighted by atomic mass is 16.3. The molecule has 0 fully saturated rings. The van der Waals surface area contributed by atoms with E-state index in [4.69, 9.17) is 4.42 Å². The van der Waals surface area contributed by atoms with Crippen molar-refractivity contribution in [3.05, 3.63) is 24.2 Å². The Kier molecular flexibility index (Phi) is 3.84. The van der Waals surface area contributed by atoms with Gasteiger partial charge in [0.2, 0.25) is 0 Å². The summed E-state index contributed by atoms with van der Waals surface area (Å²) in [6, 6.07) is 3.62. The van der Waals surface area contributed by atoms with Crippen molar-refractivity contribution in [1.82, 2.24) is 0 Å². The predicted molar refractivity (Wildman–Crippen MR) is 50.1 cm³/mol. The van der Waals surface area contributed by atoms with E-state index in [1.165, 1.54) is 0 Å². The summed E-state index contributed by atoms with van der Waals surface area (Å²) in [7, 11) is 0. The zero-order valence-electron chi connectivity index (χ0n) is 7.67. The molecule has 0 unspecified atom stereocenters. The van der Waals surface area contributed by atoms with Gasteiger partial charge < -0.3 is 9.21 Å². The number of ketones is 1. The van der Waals surface area contributed by atoms with E-state index in [1.807, 2.05) is 6.07 Å². The van der Waals surface area contributed by atoms with Crippen LogP contribution in [0.5, 0.6) is 0 Å². The zero-order valence-corrected chi connectivity index (χ0v) is 7.67. The third-order valence-corrected chi connectivity index (χ3v) is 1.56. The van der Waals surface area contributed by atoms with Crippen LogP contribution in [0, 0.1) is 11.8 Å². The third-order valence-electron chi connectivity index (χ3n) is 1.56. The van der Waals surface area contributed by atoms with Crippen molar-refractivity contribution < 1.29 is 9.21 Å². The van der Waals surface area contributed by atoms with Crippen molar-refractivity contribution in [3.8, 4) is 11.8 Å². The van der Waals surface area contributed by atoms with Crippen molar-refractivity contribution in [2.75, 3.05) is 0 Å². The van der Waals surface area contributed by atoms with E-state index in [0.717, 1.165) is 12.8 Å². The van der Waals surface area contributed by atoms with Crippen LogP contribution < -0.4 is 0 Å². The molecule has 0 aliphatic carbocycles. The molecule has 0 aliphatic heterocycles. The highest BCUT2D eigenvalue weighted by Gasteiger charge is 1.90. The second-order valence-corrected chi connectivity index (χ2v) is 2.83. The Hall–Kier alpha value is -1.49. The van der Waals surface area contributed by atoms with E-state index >= 15 is 0 Å². The second kappa shape index (κ2) is 5.21. The summed E-state index contributed by atoms with van der Waals surface area (Å²) < 4.78 is 5.02. The van der Waals surface area contributed by atoms with Crippen molar-refractivity contribution in [1.29, 1.82) is 0 Å². The molecule has 13 heavy (non-hydrogen) atoms. The summed E-state index contributed by atoms with van der Waals surface area (Å²) in [5.74, 6) is 6.72. The van der Waals surface area contributed by atoms with E-state index in [0.29, 0.717) is 12.2 Å². The zero-order chi connectivity index (χ0) is 9.52. The van der Waals surface area contributed by atoms with Gasteiger partial charge in [-0.05, 0) is 31.4 Å². The summed E-state index contributed by atoms with van der Waals surface area (Å²) in [6.07, 6.45) is 3.80. The maximum atomic E-state index is 10.6. The Labute approximate surface area is 77.9 Å². The Morgan fingerprint density at radius 1 is 1.62 bits per heavy atom. The number of Topliss-reactive ketones (excluding diaryl/α,β-unsaturated/α-hetero) is 1. The van der Waals surface area contributed by atoms with Crippen LogP contribution in [0.4, 0.5) is 0 Å². The fourth-order valence-electron chi connectivity index (χ4n) is 0.925. The summed E-state index contributed by atoms with van der Waals surface area (Å²) in [5.41, 5.74) is 0. The van der Waals surface area contributed by atoms with Gasteiger partial charge in [0.05, 0.1) is 6.26 Å². The molecule has 0 aromatic carbocycles. The molecule has 0 aliphatic rings. The molecule has 1 heterocycles. The molecule has 0 saturated carbocycles. The average Bonchev–Trinajstić information content (AvgIpc) is 2.55. The van der Waals surface area contributed by atoms with Gasteiger partial charge in [0, 0.05) is 12.8 Å². The standard InChI is InChI=1S/C11H12O2/c1-10(12)6-3-2-4-7-11-8-5-9-13-11/h5,8-9H,2-3,6H2,1H3. The van der Waals surface area contributed by atoms with Crippen molar-refractivity contribution >= 4 is 5.78 Å². The fraction of sp³-hybridized carbons (Fsp3) is 0.364. The van der Waals surface area contributed by atoms with E-state index in [-0.39, 0.29) is 5.78 Å². The van der Waals surface area contributed by atoms with Crippen molar-refractivity contribution in [2.45, 2.75) is 26.2 Å². The lowest BCUT2D eigenvalue weighted by Crippen LogP contribution is -1.87. The molecule has 68 valence electrons. The summed E-state index contributed by atoms with van der Waals surface area (Å²) >= 11 is 0. The molecule has 0 bridgehead atoms. The molecule has 0 N–H and O–H groups in total. The first-order valence-electron chi connectivity index (χ1n) is 4.31. The monoisotopic (exact) mass is 176 g/mol. The van der Waals surface area contributed by atoms with Gasteiger partial charge in [-0.15, -0.1) is 0 Å². The first kappa shape index (κ1) is 9.60. The number of carbonyl (C=O) groups excluding carboxylic acids is 1. The molecule has 2 heteroatoms. The normalized spacial score (nSPS) is 9.00. The minimum absolute atomic E-state index is 0.222. The van der Waals surface area contributed by atoms with E-state index in [1.54, 1.807) is 19.3 Å². The van der Waals surface area contributed by atoms with Crippen LogP contribution in [0.1, 0.15) is 31.9 Å². The lowest BCUT2D eigenvalue weighted by molar-refractivity contribution is -0.117. The highest BCUT2D eigenvalue weighted by molar-refractivity contribution is 5.75. The number of rotatable bonds is 3. The molecule has 0 atom stereocenters. The third kappa shape index (κ3) is 4.17. The lowest BCUT2D eigenvalue weighted by Gasteiger charge is -1.87. The Morgan fingerprint density at radius 3 is 3.08 bits per heavy atom. The molecular weight excluding hydrogens is 164 g/mol. The van der Waals surface area contributed by atoms with E-state index in [9.17, 15) is 4.79 Å². The minimum Gasteiger partial charge on any atom is -0.456 e. The molecule has 0 spiro atoms. The molecule has 1 aromatic heterocycles. The minimum atomic E-state index is 0.222. The SMILES string of the molecule is CC(=O)CCCC#Cc1ccco1. The molecule has 0 saturated heterocycles. The van der Waals surface area contributed by atoms with Crippen molar-refractivity contribution in [2.24, 2.45) is 0 Å². The average molecular weight is 176 g/mol. The smallest absolute Gasteiger partial charge is 0.176 e. The maximum Gasteiger partial charge on any atom is 0.176 e. The topological polar surface area (TPSA) is 30.2 Å². The molecule has 2 nitrogen and oxygen atoms in total. The van der Waals surface area contributed by atoms with Crippen LogP contribution in [0.15, 0.2) is 22.8 Å². The van der Waals surface area contributed by atoms with Gasteiger partial charge in [0.25, 0.3) is 0 Å². The highest BCUT2D eigenvalue weighted by Crippen LogP contribution is 1.98. The Morgan fingerprint density at radius 2 is 2.46 bits per heavy atom. The van der Waals surface area contributed by atoms with Gasteiger partial charge in [-0.25, -0.2) is 0 Å². The lowest BCUT2D eigenvalue weighted by atomic mass is 10.2. The summed E-state index contributed by atoms with van der Waals surface area (Å²) in [5, 5.41) is 0. The van der Waals surface area contributed by atoms with E-state index < -0.39 is 0 Å². The molecule has 1 rings (SSSR count). The van der Waals surface area contributed by atoms with Gasteiger partial charge >= 0.3 is 0 Å². The van der Waals surface area contributed by atoms with Crippen molar-refractivity contribution in [3.63, 3.8) is 0 Å². The quantitative estimate of drug-likeness (QED) is 0.523. The maximum absolute atomic E-state index is 10.6. The van der Waals surface area contributed by atoms with Crippen LogP contribution in [0.25, 0.3) is 0 Å². The van der Waals surface area contributed by atoms with Gasteiger partial charge in [-0.3, -0.25) is 0 Å². The van der Waals surface area contributed by atoms with Gasteiger partial charge in [-0.1, -0.05) is 5.92 Å². The number of hydrogen-bond acceptors (Lipinski definition) is 2. The largest absolute Gasteiger partial charge is 0.456 e.